The average Bonchev–Trinajstić information content (AvgIpc) is 2.58. The smallest absolute Gasteiger partial charge is 0.274 e. The molecule has 0 unspecified atom stereocenters. The van der Waals surface area contributed by atoms with Crippen molar-refractivity contribution in [1.29, 1.82) is 0 Å². The number of aromatic nitrogens is 2. The zero-order chi connectivity index (χ0) is 16.4. The van der Waals surface area contributed by atoms with Crippen molar-refractivity contribution in [3.8, 4) is 0 Å². The van der Waals surface area contributed by atoms with Gasteiger partial charge in [-0.3, -0.25) is 4.79 Å². The summed E-state index contributed by atoms with van der Waals surface area (Å²) in [7, 11) is 1.79. The van der Waals surface area contributed by atoms with E-state index >= 15 is 0 Å². The largest absolute Gasteiger partial charge is 0.308 e. The number of hydrogen-bond donors (Lipinski definition) is 1. The highest BCUT2D eigenvalue weighted by Gasteiger charge is 2.17. The first kappa shape index (κ1) is 15.4. The molecule has 3 aromatic rings. The van der Waals surface area contributed by atoms with Crippen molar-refractivity contribution < 1.29 is 0 Å². The molecule has 0 aliphatic carbocycles. The molecule has 2 aromatic carbocycles. The summed E-state index contributed by atoms with van der Waals surface area (Å²) in [5, 5.41) is 3.47. The molecular weight excluding hydrogens is 286 g/mol. The van der Waals surface area contributed by atoms with E-state index in [1.54, 1.807) is 11.6 Å². The lowest BCUT2D eigenvalue weighted by Crippen LogP contribution is -2.31. The van der Waals surface area contributed by atoms with Crippen molar-refractivity contribution in [1.82, 2.24) is 14.9 Å². The van der Waals surface area contributed by atoms with Gasteiger partial charge < -0.3 is 9.88 Å². The van der Waals surface area contributed by atoms with Crippen LogP contribution in [0.3, 0.4) is 0 Å². The average molecular weight is 307 g/mol. The number of rotatable bonds is 4. The monoisotopic (exact) mass is 307 g/mol. The summed E-state index contributed by atoms with van der Waals surface area (Å²) < 4.78 is 1.67. The molecule has 0 radical (unpaired) electrons. The predicted molar refractivity (Wildman–Crippen MR) is 93.4 cm³/mol. The SMILES string of the molecule is C[C@@H](N[C@H](C)c1nc2ccccc2n(C)c1=O)c1ccccc1. The van der Waals surface area contributed by atoms with Crippen LogP contribution in [0, 0.1) is 0 Å². The highest BCUT2D eigenvalue weighted by atomic mass is 16.1. The molecule has 4 nitrogen and oxygen atoms in total. The van der Waals surface area contributed by atoms with Gasteiger partial charge in [-0.25, -0.2) is 4.98 Å². The van der Waals surface area contributed by atoms with Gasteiger partial charge in [0.2, 0.25) is 0 Å². The van der Waals surface area contributed by atoms with Gasteiger partial charge in [-0.15, -0.1) is 0 Å². The van der Waals surface area contributed by atoms with Gasteiger partial charge in [0.25, 0.3) is 5.56 Å². The number of aryl methyl sites for hydroxylation is 1. The first-order valence-corrected chi connectivity index (χ1v) is 7.84. The van der Waals surface area contributed by atoms with E-state index in [4.69, 9.17) is 0 Å². The quantitative estimate of drug-likeness (QED) is 0.804. The lowest BCUT2D eigenvalue weighted by atomic mass is 10.1. The van der Waals surface area contributed by atoms with E-state index in [9.17, 15) is 4.79 Å². The molecule has 1 N–H and O–H groups in total. The van der Waals surface area contributed by atoms with Crippen molar-refractivity contribution in [3.63, 3.8) is 0 Å². The van der Waals surface area contributed by atoms with E-state index in [0.29, 0.717) is 5.69 Å². The van der Waals surface area contributed by atoms with Crippen LogP contribution < -0.4 is 10.9 Å². The fourth-order valence-corrected chi connectivity index (χ4v) is 2.88. The molecule has 0 saturated heterocycles. The molecule has 0 aliphatic rings. The van der Waals surface area contributed by atoms with Crippen LogP contribution in [0.4, 0.5) is 0 Å². The Kier molecular flexibility index (Phi) is 4.26. The third-order valence-electron chi connectivity index (χ3n) is 4.22. The van der Waals surface area contributed by atoms with Gasteiger partial charge in [0, 0.05) is 13.1 Å². The molecule has 0 fully saturated rings. The summed E-state index contributed by atoms with van der Waals surface area (Å²) >= 11 is 0. The molecule has 0 spiro atoms. The van der Waals surface area contributed by atoms with Gasteiger partial charge in [0.15, 0.2) is 0 Å². The summed E-state index contributed by atoms with van der Waals surface area (Å²) in [6.45, 7) is 4.08. The molecule has 0 aliphatic heterocycles. The van der Waals surface area contributed by atoms with Crippen LogP contribution in [-0.4, -0.2) is 9.55 Å². The third-order valence-corrected chi connectivity index (χ3v) is 4.22. The summed E-state index contributed by atoms with van der Waals surface area (Å²) in [5.74, 6) is 0. The second-order valence-electron chi connectivity index (χ2n) is 5.87. The normalized spacial score (nSPS) is 13.9. The zero-order valence-electron chi connectivity index (χ0n) is 13.7. The van der Waals surface area contributed by atoms with Gasteiger partial charge in [-0.05, 0) is 31.5 Å². The Labute approximate surface area is 135 Å². The Hall–Kier alpha value is -2.46. The summed E-state index contributed by atoms with van der Waals surface area (Å²) in [4.78, 5) is 17.2. The summed E-state index contributed by atoms with van der Waals surface area (Å²) in [6.07, 6.45) is 0. The molecule has 0 saturated carbocycles. The van der Waals surface area contributed by atoms with E-state index in [1.807, 2.05) is 49.4 Å². The Morgan fingerprint density at radius 2 is 1.61 bits per heavy atom. The molecule has 0 amide bonds. The molecule has 1 aromatic heterocycles. The zero-order valence-corrected chi connectivity index (χ0v) is 13.7. The molecular formula is C19H21N3O. The minimum absolute atomic E-state index is 0.0519. The van der Waals surface area contributed by atoms with E-state index in [1.165, 1.54) is 5.56 Å². The van der Waals surface area contributed by atoms with Gasteiger partial charge in [-0.2, -0.15) is 0 Å². The Morgan fingerprint density at radius 1 is 0.957 bits per heavy atom. The second kappa shape index (κ2) is 6.34. The number of benzene rings is 2. The minimum atomic E-state index is -0.131. The third kappa shape index (κ3) is 3.03. The van der Waals surface area contributed by atoms with Crippen LogP contribution in [0.25, 0.3) is 11.0 Å². The molecule has 4 heteroatoms. The van der Waals surface area contributed by atoms with E-state index in [-0.39, 0.29) is 17.6 Å². The summed E-state index contributed by atoms with van der Waals surface area (Å²) in [6, 6.07) is 17.9. The Bertz CT molecular complexity index is 871. The molecule has 23 heavy (non-hydrogen) atoms. The highest BCUT2D eigenvalue weighted by molar-refractivity contribution is 5.74. The van der Waals surface area contributed by atoms with Crippen LogP contribution in [0.1, 0.15) is 37.2 Å². The Balaban J connectivity index is 1.93. The van der Waals surface area contributed by atoms with Crippen LogP contribution in [0.2, 0.25) is 0 Å². The van der Waals surface area contributed by atoms with E-state index < -0.39 is 0 Å². The maximum absolute atomic E-state index is 12.6. The fraction of sp³-hybridized carbons (Fsp3) is 0.263. The van der Waals surface area contributed by atoms with E-state index in [2.05, 4.69) is 29.4 Å². The molecule has 118 valence electrons. The van der Waals surface area contributed by atoms with Gasteiger partial charge in [-0.1, -0.05) is 42.5 Å². The molecule has 0 bridgehead atoms. The first-order valence-electron chi connectivity index (χ1n) is 7.84. The van der Waals surface area contributed by atoms with Gasteiger partial charge in [0.05, 0.1) is 17.1 Å². The number of hydrogen-bond acceptors (Lipinski definition) is 3. The van der Waals surface area contributed by atoms with Crippen molar-refractivity contribution in [2.75, 3.05) is 0 Å². The van der Waals surface area contributed by atoms with Crippen LogP contribution in [0.15, 0.2) is 59.4 Å². The molecule has 1 heterocycles. The van der Waals surface area contributed by atoms with Crippen molar-refractivity contribution >= 4 is 11.0 Å². The Morgan fingerprint density at radius 3 is 2.35 bits per heavy atom. The van der Waals surface area contributed by atoms with Crippen LogP contribution in [-0.2, 0) is 7.05 Å². The number of nitrogens with zero attached hydrogens (tertiary/aromatic N) is 2. The second-order valence-corrected chi connectivity index (χ2v) is 5.87. The van der Waals surface area contributed by atoms with Gasteiger partial charge in [0.1, 0.15) is 5.69 Å². The minimum Gasteiger partial charge on any atom is -0.308 e. The number of para-hydroxylation sites is 2. The number of nitrogens with one attached hydrogen (secondary N) is 1. The maximum Gasteiger partial charge on any atom is 0.274 e. The standard InChI is InChI=1S/C19H21N3O/c1-13(15-9-5-4-6-10-15)20-14(2)18-19(23)22(3)17-12-8-7-11-16(17)21-18/h4-14,20H,1-3H3/t13-,14-/m1/s1. The van der Waals surface area contributed by atoms with Crippen molar-refractivity contribution in [2.24, 2.45) is 7.05 Å². The van der Waals surface area contributed by atoms with Crippen LogP contribution in [0.5, 0.6) is 0 Å². The van der Waals surface area contributed by atoms with E-state index in [0.717, 1.165) is 11.0 Å². The maximum atomic E-state index is 12.6. The highest BCUT2D eigenvalue weighted by Crippen LogP contribution is 2.18. The molecule has 3 rings (SSSR count). The van der Waals surface area contributed by atoms with Gasteiger partial charge >= 0.3 is 0 Å². The number of fused-ring (bicyclic) bond motifs is 1. The topological polar surface area (TPSA) is 46.9 Å². The molecule has 2 atom stereocenters. The fourth-order valence-electron chi connectivity index (χ4n) is 2.88. The lowest BCUT2D eigenvalue weighted by Gasteiger charge is -2.20. The first-order chi connectivity index (χ1) is 11.1. The lowest BCUT2D eigenvalue weighted by molar-refractivity contribution is 0.481. The van der Waals surface area contributed by atoms with Crippen LogP contribution >= 0.6 is 0 Å². The summed E-state index contributed by atoms with van der Waals surface area (Å²) in [5.41, 5.74) is 3.38. The van der Waals surface area contributed by atoms with Crippen molar-refractivity contribution in [2.45, 2.75) is 25.9 Å². The van der Waals surface area contributed by atoms with Crippen molar-refractivity contribution in [3.05, 3.63) is 76.2 Å². The predicted octanol–water partition coefficient (Wildman–Crippen LogP) is 3.35.